The number of hydrogen-bond donors (Lipinski definition) is 2. The number of carboxylic acids is 1. The number of carboxylic acid groups (broad SMARTS) is 1. The number of aromatic nitrogens is 2. The number of nitrogens with one attached hydrogen (secondary N) is 1. The van der Waals surface area contributed by atoms with Crippen molar-refractivity contribution in [3.05, 3.63) is 23.5 Å². The third-order valence-corrected chi connectivity index (χ3v) is 2.49. The Kier molecular flexibility index (Phi) is 2.97. The van der Waals surface area contributed by atoms with Gasteiger partial charge in [0.2, 0.25) is 0 Å². The fourth-order valence-electron chi connectivity index (χ4n) is 1.41. The lowest BCUT2D eigenvalue weighted by Gasteiger charge is -2.08. The maximum Gasteiger partial charge on any atom is 0.325 e. The van der Waals surface area contributed by atoms with Crippen LogP contribution in [0, 0.1) is 6.92 Å². The van der Waals surface area contributed by atoms with Crippen molar-refractivity contribution in [3.8, 4) is 0 Å². The molecule has 0 saturated heterocycles. The van der Waals surface area contributed by atoms with Crippen LogP contribution in [0.15, 0.2) is 16.8 Å². The number of rotatable bonds is 3. The summed E-state index contributed by atoms with van der Waals surface area (Å²) in [6, 6.07) is 0.606. The molecule has 0 unspecified atom stereocenters. The predicted octanol–water partition coefficient (Wildman–Crippen LogP) is 0.734. The Hall–Kier alpha value is -2.44. The number of nitrogens with zero attached hydrogens (tertiary/aromatic N) is 2. The minimum atomic E-state index is -1.10. The Morgan fingerprint density at radius 1 is 1.50 bits per heavy atom. The van der Waals surface area contributed by atoms with Gasteiger partial charge < -0.3 is 14.9 Å². The summed E-state index contributed by atoms with van der Waals surface area (Å²) in [5, 5.41) is 15.4. The van der Waals surface area contributed by atoms with Crippen molar-refractivity contribution in [2.45, 2.75) is 19.9 Å². The lowest BCUT2D eigenvalue weighted by molar-refractivity contribution is -0.138. The average Bonchev–Trinajstić information content (AvgIpc) is 2.70. The quantitative estimate of drug-likeness (QED) is 0.830. The van der Waals surface area contributed by atoms with Crippen molar-refractivity contribution in [1.29, 1.82) is 0 Å². The van der Waals surface area contributed by atoms with Gasteiger partial charge >= 0.3 is 5.97 Å². The first-order valence-corrected chi connectivity index (χ1v) is 5.24. The summed E-state index contributed by atoms with van der Waals surface area (Å²) in [4.78, 5) is 26.3. The molecule has 2 rings (SSSR count). The Balaban J connectivity index is 2.27. The van der Waals surface area contributed by atoms with Gasteiger partial charge in [0, 0.05) is 6.20 Å². The number of fused-ring (bicyclic) bond motifs is 1. The molecule has 2 N–H and O–H groups in total. The molecule has 1 atom stereocenters. The van der Waals surface area contributed by atoms with E-state index in [1.807, 2.05) is 0 Å². The van der Waals surface area contributed by atoms with E-state index in [0.29, 0.717) is 16.8 Å². The number of carbonyl (C=O) groups excluding carboxylic acids is 1. The normalized spacial score (nSPS) is 12.3. The van der Waals surface area contributed by atoms with E-state index in [-0.39, 0.29) is 5.56 Å². The summed E-state index contributed by atoms with van der Waals surface area (Å²) in [5.74, 6) is -1.60. The molecule has 0 fully saturated rings. The minimum absolute atomic E-state index is 0.266. The van der Waals surface area contributed by atoms with E-state index in [9.17, 15) is 9.59 Å². The van der Waals surface area contributed by atoms with Gasteiger partial charge in [-0.15, -0.1) is 0 Å². The van der Waals surface area contributed by atoms with Gasteiger partial charge in [0.15, 0.2) is 0 Å². The van der Waals surface area contributed by atoms with Gasteiger partial charge in [-0.2, -0.15) is 0 Å². The number of aryl methyl sites for hydroxylation is 1. The number of hydrogen-bond acceptors (Lipinski definition) is 5. The van der Waals surface area contributed by atoms with E-state index in [2.05, 4.69) is 15.5 Å². The van der Waals surface area contributed by atoms with Gasteiger partial charge in [-0.05, 0) is 19.9 Å². The molecule has 2 heterocycles. The summed E-state index contributed by atoms with van der Waals surface area (Å²) in [7, 11) is 0. The highest BCUT2D eigenvalue weighted by molar-refractivity contribution is 5.98. The number of pyridine rings is 1. The first-order chi connectivity index (χ1) is 8.49. The average molecular weight is 249 g/mol. The minimum Gasteiger partial charge on any atom is -0.480 e. The molecule has 0 spiro atoms. The van der Waals surface area contributed by atoms with Crippen LogP contribution in [0.5, 0.6) is 0 Å². The lowest BCUT2D eigenvalue weighted by atomic mass is 10.2. The molecule has 7 nitrogen and oxygen atoms in total. The molecular formula is C11H11N3O4. The Labute approximate surface area is 102 Å². The van der Waals surface area contributed by atoms with Crippen LogP contribution in [0.1, 0.15) is 23.0 Å². The molecule has 0 aliphatic heterocycles. The highest BCUT2D eigenvalue weighted by Gasteiger charge is 2.17. The van der Waals surface area contributed by atoms with Crippen LogP contribution in [0.4, 0.5) is 0 Å². The molecule has 0 aliphatic carbocycles. The highest BCUT2D eigenvalue weighted by atomic mass is 16.5. The van der Waals surface area contributed by atoms with Crippen LogP contribution in [0.25, 0.3) is 11.1 Å². The summed E-state index contributed by atoms with van der Waals surface area (Å²) in [6.45, 7) is 3.12. The zero-order valence-corrected chi connectivity index (χ0v) is 9.80. The van der Waals surface area contributed by atoms with Gasteiger partial charge in [0.25, 0.3) is 11.6 Å². The van der Waals surface area contributed by atoms with Gasteiger partial charge in [0.05, 0.1) is 16.6 Å². The number of aliphatic carboxylic acids is 1. The molecule has 2 aromatic rings. The van der Waals surface area contributed by atoms with Crippen molar-refractivity contribution in [2.75, 3.05) is 0 Å². The topological polar surface area (TPSA) is 105 Å². The molecule has 0 saturated carbocycles. The second kappa shape index (κ2) is 4.44. The van der Waals surface area contributed by atoms with Gasteiger partial charge in [-0.1, -0.05) is 5.16 Å². The van der Waals surface area contributed by atoms with Crippen molar-refractivity contribution < 1.29 is 19.2 Å². The molecule has 18 heavy (non-hydrogen) atoms. The molecule has 2 aromatic heterocycles. The molecule has 0 aromatic carbocycles. The van der Waals surface area contributed by atoms with Crippen LogP contribution in [0.2, 0.25) is 0 Å². The van der Waals surface area contributed by atoms with Gasteiger partial charge in [-0.3, -0.25) is 9.59 Å². The molecular weight excluding hydrogens is 238 g/mol. The second-order valence-electron chi connectivity index (χ2n) is 3.88. The smallest absolute Gasteiger partial charge is 0.325 e. The van der Waals surface area contributed by atoms with E-state index in [0.717, 1.165) is 0 Å². The van der Waals surface area contributed by atoms with Crippen LogP contribution in [-0.4, -0.2) is 33.2 Å². The summed E-state index contributed by atoms with van der Waals surface area (Å²) in [5.41, 5.74) is 1.23. The van der Waals surface area contributed by atoms with E-state index in [1.54, 1.807) is 13.0 Å². The Morgan fingerprint density at radius 3 is 2.89 bits per heavy atom. The van der Waals surface area contributed by atoms with Crippen molar-refractivity contribution >= 4 is 23.0 Å². The summed E-state index contributed by atoms with van der Waals surface area (Å²) >= 11 is 0. The standard InChI is InChI=1S/C11H11N3O4/c1-5-8-3-7(4-12-10(8)18-14-5)9(15)13-6(2)11(16)17/h3-4,6H,1-2H3,(H,13,15)(H,16,17)/t6-/m0/s1. The molecule has 0 radical (unpaired) electrons. The van der Waals surface area contributed by atoms with Crippen LogP contribution < -0.4 is 5.32 Å². The van der Waals surface area contributed by atoms with Crippen LogP contribution >= 0.6 is 0 Å². The Morgan fingerprint density at radius 2 is 2.22 bits per heavy atom. The molecule has 1 amide bonds. The SMILES string of the molecule is Cc1noc2ncc(C(=O)N[C@@H](C)C(=O)O)cc12. The fraction of sp³-hybridized carbons (Fsp3) is 0.273. The predicted molar refractivity (Wildman–Crippen MR) is 61.1 cm³/mol. The maximum atomic E-state index is 11.8. The second-order valence-corrected chi connectivity index (χ2v) is 3.88. The lowest BCUT2D eigenvalue weighted by Crippen LogP contribution is -2.38. The van der Waals surface area contributed by atoms with Gasteiger partial charge in [-0.25, -0.2) is 4.98 Å². The van der Waals surface area contributed by atoms with Crippen molar-refractivity contribution in [1.82, 2.24) is 15.5 Å². The number of carbonyl (C=O) groups is 2. The van der Waals surface area contributed by atoms with Crippen LogP contribution in [0.3, 0.4) is 0 Å². The number of amides is 1. The molecule has 7 heteroatoms. The highest BCUT2D eigenvalue weighted by Crippen LogP contribution is 2.16. The molecule has 0 bridgehead atoms. The van der Waals surface area contributed by atoms with Crippen LogP contribution in [-0.2, 0) is 4.79 Å². The van der Waals surface area contributed by atoms with E-state index in [4.69, 9.17) is 9.63 Å². The molecule has 0 aliphatic rings. The first-order valence-electron chi connectivity index (χ1n) is 5.24. The third kappa shape index (κ3) is 2.15. The zero-order valence-electron chi connectivity index (χ0n) is 9.80. The van der Waals surface area contributed by atoms with Crippen molar-refractivity contribution in [3.63, 3.8) is 0 Å². The van der Waals surface area contributed by atoms with Crippen molar-refractivity contribution in [2.24, 2.45) is 0 Å². The maximum absolute atomic E-state index is 11.8. The summed E-state index contributed by atoms with van der Waals surface area (Å²) in [6.07, 6.45) is 1.32. The van der Waals surface area contributed by atoms with Gasteiger partial charge in [0.1, 0.15) is 6.04 Å². The van der Waals surface area contributed by atoms with E-state index < -0.39 is 17.9 Å². The third-order valence-electron chi connectivity index (χ3n) is 2.49. The Bertz CT molecular complexity index is 620. The first kappa shape index (κ1) is 12.0. The monoisotopic (exact) mass is 249 g/mol. The molecule has 94 valence electrons. The van der Waals surface area contributed by atoms with E-state index >= 15 is 0 Å². The fourth-order valence-corrected chi connectivity index (χ4v) is 1.41. The largest absolute Gasteiger partial charge is 0.480 e. The summed E-state index contributed by atoms with van der Waals surface area (Å²) < 4.78 is 4.92. The zero-order chi connectivity index (χ0) is 13.3. The van der Waals surface area contributed by atoms with E-state index in [1.165, 1.54) is 13.1 Å².